The van der Waals surface area contributed by atoms with E-state index in [4.69, 9.17) is 26.5 Å². The van der Waals surface area contributed by atoms with Gasteiger partial charge in [-0.2, -0.15) is 0 Å². The van der Waals surface area contributed by atoms with E-state index in [1.807, 2.05) is 6.07 Å². The summed E-state index contributed by atoms with van der Waals surface area (Å²) in [6, 6.07) is 13.7. The summed E-state index contributed by atoms with van der Waals surface area (Å²) in [5.41, 5.74) is 7.64. The van der Waals surface area contributed by atoms with Gasteiger partial charge in [0.25, 0.3) is 5.91 Å². The number of methoxy groups -OCH3 is 1. The topological polar surface area (TPSA) is 77.5 Å². The number of nitrogens with one attached hydrogen (secondary N) is 1. The molecule has 0 spiro atoms. The van der Waals surface area contributed by atoms with Crippen LogP contribution in [0.15, 0.2) is 57.4 Å². The zero-order valence-electron chi connectivity index (χ0n) is 13.2. The highest BCUT2D eigenvalue weighted by molar-refractivity contribution is 9.10. The molecule has 25 heavy (non-hydrogen) atoms. The molecule has 0 bridgehead atoms. The molecule has 128 valence electrons. The van der Waals surface area contributed by atoms with Crippen LogP contribution in [-0.2, 0) is 0 Å². The van der Waals surface area contributed by atoms with Crippen LogP contribution in [0.4, 0.5) is 11.4 Å². The number of carbonyl (C=O) groups excluding carboxylic acids is 1. The molecule has 3 N–H and O–H groups in total. The van der Waals surface area contributed by atoms with Crippen molar-refractivity contribution in [1.82, 2.24) is 0 Å². The van der Waals surface area contributed by atoms with E-state index in [0.717, 1.165) is 5.56 Å². The number of ether oxygens (including phenoxy) is 1. The minimum absolute atomic E-state index is 0.186. The van der Waals surface area contributed by atoms with Crippen LogP contribution in [0.1, 0.15) is 10.6 Å². The number of benzene rings is 2. The second-order valence-corrected chi connectivity index (χ2v) is 6.47. The second-order valence-electron chi connectivity index (χ2n) is 5.21. The van der Waals surface area contributed by atoms with Crippen molar-refractivity contribution in [3.8, 4) is 17.1 Å². The molecule has 7 heteroatoms. The summed E-state index contributed by atoms with van der Waals surface area (Å²) in [5.74, 6) is 0.927. The van der Waals surface area contributed by atoms with Crippen molar-refractivity contribution in [2.24, 2.45) is 0 Å². The molecule has 0 aliphatic heterocycles. The van der Waals surface area contributed by atoms with Gasteiger partial charge in [0, 0.05) is 15.7 Å². The predicted octanol–water partition coefficient (Wildman–Crippen LogP) is 5.21. The maximum absolute atomic E-state index is 12.4. The summed E-state index contributed by atoms with van der Waals surface area (Å²) in [6.07, 6.45) is 0. The fourth-order valence-corrected chi connectivity index (χ4v) is 3.00. The van der Waals surface area contributed by atoms with Crippen molar-refractivity contribution in [3.63, 3.8) is 0 Å². The minimum atomic E-state index is -0.365. The van der Waals surface area contributed by atoms with E-state index < -0.39 is 0 Å². The van der Waals surface area contributed by atoms with E-state index >= 15 is 0 Å². The van der Waals surface area contributed by atoms with E-state index in [9.17, 15) is 4.79 Å². The quantitative estimate of drug-likeness (QED) is 0.567. The predicted molar refractivity (Wildman–Crippen MR) is 102 cm³/mol. The molecular formula is C18H14BrClN2O3. The van der Waals surface area contributed by atoms with Gasteiger partial charge in [-0.3, -0.25) is 4.79 Å². The van der Waals surface area contributed by atoms with Crippen LogP contribution in [0.2, 0.25) is 5.02 Å². The average molecular weight is 422 g/mol. The van der Waals surface area contributed by atoms with Gasteiger partial charge in [-0.1, -0.05) is 11.6 Å². The number of hydrogen-bond donors (Lipinski definition) is 2. The Balaban J connectivity index is 1.81. The Labute approximate surface area is 157 Å². The molecule has 0 saturated heterocycles. The van der Waals surface area contributed by atoms with Gasteiger partial charge in [0.05, 0.1) is 17.8 Å². The van der Waals surface area contributed by atoms with E-state index in [0.29, 0.717) is 32.4 Å². The van der Waals surface area contributed by atoms with Crippen LogP contribution in [0.5, 0.6) is 5.75 Å². The second kappa shape index (κ2) is 7.21. The molecular weight excluding hydrogens is 408 g/mol. The third-order valence-electron chi connectivity index (χ3n) is 3.51. The van der Waals surface area contributed by atoms with Gasteiger partial charge in [-0.15, -0.1) is 0 Å². The molecule has 1 aromatic heterocycles. The number of amides is 1. The monoisotopic (exact) mass is 420 g/mol. The molecule has 3 aromatic rings. The molecule has 3 rings (SSSR count). The number of nitrogens with two attached hydrogens (primary N) is 1. The van der Waals surface area contributed by atoms with Crippen molar-refractivity contribution >= 4 is 44.8 Å². The molecule has 0 aliphatic carbocycles. The number of halogens is 2. The molecule has 2 aromatic carbocycles. The van der Waals surface area contributed by atoms with E-state index in [-0.39, 0.29) is 11.7 Å². The van der Waals surface area contributed by atoms with Gasteiger partial charge in [0.2, 0.25) is 0 Å². The van der Waals surface area contributed by atoms with Crippen LogP contribution in [0, 0.1) is 0 Å². The Bertz CT molecular complexity index is 940. The van der Waals surface area contributed by atoms with Crippen molar-refractivity contribution in [2.75, 3.05) is 18.2 Å². The first-order chi connectivity index (χ1) is 12.0. The van der Waals surface area contributed by atoms with E-state index in [1.165, 1.54) is 0 Å². The fourth-order valence-electron chi connectivity index (χ4n) is 2.25. The molecule has 0 atom stereocenters. The summed E-state index contributed by atoms with van der Waals surface area (Å²) < 4.78 is 11.5. The van der Waals surface area contributed by atoms with Gasteiger partial charge in [0.1, 0.15) is 11.5 Å². The van der Waals surface area contributed by atoms with Gasteiger partial charge in [-0.05, 0) is 64.5 Å². The van der Waals surface area contributed by atoms with E-state index in [2.05, 4.69) is 21.2 Å². The first-order valence-electron chi connectivity index (χ1n) is 7.28. The highest BCUT2D eigenvalue weighted by Crippen LogP contribution is 2.31. The first-order valence-corrected chi connectivity index (χ1v) is 8.45. The lowest BCUT2D eigenvalue weighted by atomic mass is 10.2. The third kappa shape index (κ3) is 3.81. The van der Waals surface area contributed by atoms with Crippen LogP contribution in [-0.4, -0.2) is 13.0 Å². The molecule has 1 heterocycles. The summed E-state index contributed by atoms with van der Waals surface area (Å²) in [4.78, 5) is 12.4. The number of nitrogen functional groups attached to an aromatic ring is 1. The molecule has 1 amide bonds. The highest BCUT2D eigenvalue weighted by atomic mass is 79.9. The zero-order valence-corrected chi connectivity index (χ0v) is 15.5. The summed E-state index contributed by atoms with van der Waals surface area (Å²) in [7, 11) is 1.55. The maximum Gasteiger partial charge on any atom is 0.291 e. The fraction of sp³-hybridized carbons (Fsp3) is 0.0556. The lowest BCUT2D eigenvalue weighted by Gasteiger charge is -2.07. The van der Waals surface area contributed by atoms with Gasteiger partial charge >= 0.3 is 0 Å². The van der Waals surface area contributed by atoms with E-state index in [1.54, 1.807) is 49.6 Å². The van der Waals surface area contributed by atoms with Gasteiger partial charge in [-0.25, -0.2) is 0 Å². The largest absolute Gasteiger partial charge is 0.495 e. The summed E-state index contributed by atoms with van der Waals surface area (Å²) >= 11 is 9.48. The summed E-state index contributed by atoms with van der Waals surface area (Å²) in [5, 5.41) is 3.23. The highest BCUT2D eigenvalue weighted by Gasteiger charge is 2.14. The number of hydrogen-bond acceptors (Lipinski definition) is 4. The van der Waals surface area contributed by atoms with Gasteiger partial charge in [0.15, 0.2) is 5.76 Å². The number of furan rings is 1. The van der Waals surface area contributed by atoms with Gasteiger partial charge < -0.3 is 20.2 Å². The van der Waals surface area contributed by atoms with Crippen LogP contribution < -0.4 is 15.8 Å². The molecule has 0 aliphatic rings. The molecule has 0 fully saturated rings. The molecule has 0 radical (unpaired) electrons. The third-order valence-corrected chi connectivity index (χ3v) is 4.46. The van der Waals surface area contributed by atoms with Crippen molar-refractivity contribution in [2.45, 2.75) is 0 Å². The molecule has 0 unspecified atom stereocenters. The minimum Gasteiger partial charge on any atom is -0.495 e. The maximum atomic E-state index is 12.4. The Morgan fingerprint density at radius 2 is 2.00 bits per heavy atom. The smallest absolute Gasteiger partial charge is 0.291 e. The zero-order chi connectivity index (χ0) is 18.0. The number of rotatable bonds is 4. The molecule has 0 saturated carbocycles. The summed E-state index contributed by atoms with van der Waals surface area (Å²) in [6.45, 7) is 0. The SMILES string of the molecule is COc1ccc(-c2ccc(C(=O)Nc3ccc(N)cc3Br)o2)cc1Cl. The van der Waals surface area contributed by atoms with Crippen molar-refractivity contribution < 1.29 is 13.9 Å². The Morgan fingerprint density at radius 1 is 1.20 bits per heavy atom. The average Bonchev–Trinajstić information content (AvgIpc) is 3.07. The normalized spacial score (nSPS) is 10.5. The van der Waals surface area contributed by atoms with Crippen LogP contribution in [0.3, 0.4) is 0 Å². The number of anilines is 2. The Hall–Kier alpha value is -2.44. The lowest BCUT2D eigenvalue weighted by Crippen LogP contribution is -2.11. The Morgan fingerprint density at radius 3 is 2.68 bits per heavy atom. The first kappa shape index (κ1) is 17.4. The lowest BCUT2D eigenvalue weighted by molar-refractivity contribution is 0.0997. The standard InChI is InChI=1S/C18H14BrClN2O3/c1-24-16-5-2-10(8-13(16)20)15-6-7-17(25-15)18(23)22-14-4-3-11(21)9-12(14)19/h2-9H,21H2,1H3,(H,22,23). The molecule has 5 nitrogen and oxygen atoms in total. The Kier molecular flexibility index (Phi) is 5.01. The van der Waals surface area contributed by atoms with Crippen molar-refractivity contribution in [3.05, 3.63) is 63.8 Å². The number of carbonyl (C=O) groups is 1. The van der Waals surface area contributed by atoms with Crippen LogP contribution in [0.25, 0.3) is 11.3 Å². The van der Waals surface area contributed by atoms with Crippen molar-refractivity contribution in [1.29, 1.82) is 0 Å². The van der Waals surface area contributed by atoms with Crippen LogP contribution >= 0.6 is 27.5 Å².